The fourth-order valence-corrected chi connectivity index (χ4v) is 3.91. The molecule has 0 spiro atoms. The van der Waals surface area contributed by atoms with Crippen LogP contribution in [0.15, 0.2) is 77.7 Å². The number of amides is 1. The van der Waals surface area contributed by atoms with Crippen molar-refractivity contribution in [1.82, 2.24) is 19.9 Å². The first-order valence-corrected chi connectivity index (χ1v) is 11.5. The molecule has 0 aliphatic heterocycles. The highest BCUT2D eigenvalue weighted by Gasteiger charge is 2.11. The van der Waals surface area contributed by atoms with E-state index >= 15 is 0 Å². The van der Waals surface area contributed by atoms with Gasteiger partial charge in [0.25, 0.3) is 5.91 Å². The Morgan fingerprint density at radius 3 is 2.65 bits per heavy atom. The maximum atomic E-state index is 12.9. The maximum absolute atomic E-state index is 12.9. The average molecular weight is 517 g/mol. The lowest BCUT2D eigenvalue weighted by Gasteiger charge is -2.14. The Kier molecular flexibility index (Phi) is 7.30. The number of nitrogens with one attached hydrogen (secondary N) is 2. The second kappa shape index (κ2) is 10.5. The summed E-state index contributed by atoms with van der Waals surface area (Å²) in [5.74, 6) is 0.287. The Labute approximate surface area is 207 Å². The van der Waals surface area contributed by atoms with Crippen molar-refractivity contribution >= 4 is 39.2 Å². The Balaban J connectivity index is 1.51. The van der Waals surface area contributed by atoms with Crippen LogP contribution in [0.1, 0.15) is 21.5 Å². The number of aryl methyl sites for hydroxylation is 1. The van der Waals surface area contributed by atoms with Gasteiger partial charge in [0.05, 0.1) is 5.69 Å². The van der Waals surface area contributed by atoms with E-state index in [1.54, 1.807) is 18.6 Å². The summed E-state index contributed by atoms with van der Waals surface area (Å²) in [6.45, 7) is 2.78. The van der Waals surface area contributed by atoms with Gasteiger partial charge >= 0.3 is 0 Å². The van der Waals surface area contributed by atoms with Crippen molar-refractivity contribution in [2.75, 3.05) is 24.7 Å². The van der Waals surface area contributed by atoms with Crippen LogP contribution in [-0.4, -0.2) is 39.9 Å². The summed E-state index contributed by atoms with van der Waals surface area (Å²) in [6, 6.07) is 17.0. The first-order chi connectivity index (χ1) is 16.4. The van der Waals surface area contributed by atoms with E-state index in [0.717, 1.165) is 39.1 Å². The SMILES string of the molecule is Cc1ccc(NC(=O)c2ccc(CN(C)C)c(Br)c2)cc1Nc1nccc(-c2cccnc2)n1. The second-order valence-electron chi connectivity index (χ2n) is 8.16. The lowest BCUT2D eigenvalue weighted by atomic mass is 10.1. The molecule has 0 unspecified atom stereocenters. The van der Waals surface area contributed by atoms with Gasteiger partial charge in [-0.25, -0.2) is 9.97 Å². The lowest BCUT2D eigenvalue weighted by Crippen LogP contribution is -2.14. The molecule has 0 radical (unpaired) electrons. The van der Waals surface area contributed by atoms with Crippen LogP contribution in [-0.2, 0) is 6.54 Å². The molecule has 0 fully saturated rings. The van der Waals surface area contributed by atoms with Crippen LogP contribution in [0.25, 0.3) is 11.3 Å². The van der Waals surface area contributed by atoms with Crippen molar-refractivity contribution in [3.63, 3.8) is 0 Å². The molecule has 1 amide bonds. The summed E-state index contributed by atoms with van der Waals surface area (Å²) in [7, 11) is 4.02. The highest BCUT2D eigenvalue weighted by molar-refractivity contribution is 9.10. The van der Waals surface area contributed by atoms with E-state index in [0.29, 0.717) is 17.2 Å². The molecule has 2 heterocycles. The lowest BCUT2D eigenvalue weighted by molar-refractivity contribution is 0.102. The molecule has 8 heteroatoms. The minimum absolute atomic E-state index is 0.179. The molecule has 34 heavy (non-hydrogen) atoms. The number of carbonyl (C=O) groups is 1. The molecule has 0 aliphatic carbocycles. The van der Waals surface area contributed by atoms with Gasteiger partial charge in [0.15, 0.2) is 0 Å². The van der Waals surface area contributed by atoms with E-state index in [1.807, 2.05) is 75.6 Å². The van der Waals surface area contributed by atoms with E-state index in [9.17, 15) is 4.79 Å². The topological polar surface area (TPSA) is 83.0 Å². The van der Waals surface area contributed by atoms with Gasteiger partial charge in [-0.3, -0.25) is 9.78 Å². The van der Waals surface area contributed by atoms with Crippen molar-refractivity contribution in [1.29, 1.82) is 0 Å². The van der Waals surface area contributed by atoms with Crippen LogP contribution in [0.4, 0.5) is 17.3 Å². The third kappa shape index (κ3) is 5.84. The predicted octanol–water partition coefficient (Wildman–Crippen LogP) is 5.67. The van der Waals surface area contributed by atoms with Crippen LogP contribution >= 0.6 is 15.9 Å². The molecule has 2 N–H and O–H groups in total. The zero-order chi connectivity index (χ0) is 24.1. The molecular weight excluding hydrogens is 492 g/mol. The normalized spacial score (nSPS) is 10.9. The minimum atomic E-state index is -0.179. The Bertz CT molecular complexity index is 1310. The van der Waals surface area contributed by atoms with Crippen LogP contribution in [0.3, 0.4) is 0 Å². The number of hydrogen-bond donors (Lipinski definition) is 2. The van der Waals surface area contributed by atoms with Crippen LogP contribution in [0, 0.1) is 6.92 Å². The monoisotopic (exact) mass is 516 g/mol. The molecule has 172 valence electrons. The summed E-state index contributed by atoms with van der Waals surface area (Å²) in [5.41, 5.74) is 5.88. The first kappa shape index (κ1) is 23.5. The molecule has 7 nitrogen and oxygen atoms in total. The van der Waals surface area contributed by atoms with Crippen molar-refractivity contribution in [2.45, 2.75) is 13.5 Å². The van der Waals surface area contributed by atoms with Crippen LogP contribution < -0.4 is 10.6 Å². The van der Waals surface area contributed by atoms with Crippen LogP contribution in [0.5, 0.6) is 0 Å². The zero-order valence-electron chi connectivity index (χ0n) is 19.2. The third-order valence-corrected chi connectivity index (χ3v) is 5.89. The quantitative estimate of drug-likeness (QED) is 0.329. The second-order valence-corrected chi connectivity index (χ2v) is 9.01. The molecule has 4 aromatic rings. The number of rotatable bonds is 7. The summed E-state index contributed by atoms with van der Waals surface area (Å²) in [5, 5.41) is 6.24. The molecule has 0 aliphatic rings. The van der Waals surface area contributed by atoms with Crippen molar-refractivity contribution in [3.05, 3.63) is 94.4 Å². The Morgan fingerprint density at radius 1 is 1.06 bits per heavy atom. The number of nitrogens with zero attached hydrogens (tertiary/aromatic N) is 4. The van der Waals surface area contributed by atoms with Gasteiger partial charge < -0.3 is 15.5 Å². The smallest absolute Gasteiger partial charge is 0.255 e. The molecule has 0 bridgehead atoms. The number of benzene rings is 2. The number of aromatic nitrogens is 3. The van der Waals surface area contributed by atoms with E-state index < -0.39 is 0 Å². The molecule has 2 aromatic heterocycles. The number of pyridine rings is 1. The first-order valence-electron chi connectivity index (χ1n) is 10.7. The van der Waals surface area contributed by atoms with Gasteiger partial charge in [0.1, 0.15) is 0 Å². The minimum Gasteiger partial charge on any atom is -0.324 e. The zero-order valence-corrected chi connectivity index (χ0v) is 20.8. The van der Waals surface area contributed by atoms with E-state index in [2.05, 4.69) is 46.4 Å². The Hall–Kier alpha value is -3.62. The number of anilines is 3. The average Bonchev–Trinajstić information content (AvgIpc) is 2.83. The molecular formula is C26H25BrN6O. The largest absolute Gasteiger partial charge is 0.324 e. The maximum Gasteiger partial charge on any atom is 0.255 e. The standard InChI is InChI=1S/C26H25BrN6O/c1-17-6-9-21(30-25(34)18-7-8-20(16-33(2)3)22(27)13-18)14-24(17)32-26-29-12-10-23(31-26)19-5-4-11-28-15-19/h4-15H,16H2,1-3H3,(H,30,34)(H,29,31,32). The van der Waals surface area contributed by atoms with Gasteiger partial charge in [-0.05, 0) is 74.6 Å². The number of halogens is 1. The van der Waals surface area contributed by atoms with E-state index in [1.165, 1.54) is 0 Å². The van der Waals surface area contributed by atoms with Crippen molar-refractivity contribution in [2.24, 2.45) is 0 Å². The highest BCUT2D eigenvalue weighted by atomic mass is 79.9. The van der Waals surface area contributed by atoms with Gasteiger partial charge in [0.2, 0.25) is 5.95 Å². The summed E-state index contributed by atoms with van der Waals surface area (Å²) in [4.78, 5) is 28.0. The molecule has 0 saturated heterocycles. The summed E-state index contributed by atoms with van der Waals surface area (Å²) >= 11 is 3.58. The molecule has 0 atom stereocenters. The summed E-state index contributed by atoms with van der Waals surface area (Å²) < 4.78 is 0.908. The van der Waals surface area contributed by atoms with E-state index in [4.69, 9.17) is 0 Å². The highest BCUT2D eigenvalue weighted by Crippen LogP contribution is 2.25. The Morgan fingerprint density at radius 2 is 1.91 bits per heavy atom. The fourth-order valence-electron chi connectivity index (χ4n) is 3.41. The van der Waals surface area contributed by atoms with Gasteiger partial charge in [-0.15, -0.1) is 0 Å². The predicted molar refractivity (Wildman–Crippen MR) is 139 cm³/mol. The number of carbonyl (C=O) groups excluding carboxylic acids is 1. The van der Waals surface area contributed by atoms with Crippen LogP contribution in [0.2, 0.25) is 0 Å². The van der Waals surface area contributed by atoms with Gasteiger partial charge in [-0.1, -0.05) is 28.1 Å². The molecule has 0 saturated carbocycles. The molecule has 2 aromatic carbocycles. The van der Waals surface area contributed by atoms with Crippen molar-refractivity contribution in [3.8, 4) is 11.3 Å². The van der Waals surface area contributed by atoms with Gasteiger partial charge in [0, 0.05) is 52.1 Å². The number of hydrogen-bond acceptors (Lipinski definition) is 6. The van der Waals surface area contributed by atoms with Crippen molar-refractivity contribution < 1.29 is 4.79 Å². The fraction of sp³-hybridized carbons (Fsp3) is 0.154. The third-order valence-electron chi connectivity index (χ3n) is 5.16. The van der Waals surface area contributed by atoms with E-state index in [-0.39, 0.29) is 5.91 Å². The van der Waals surface area contributed by atoms with Gasteiger partial charge in [-0.2, -0.15) is 0 Å². The molecule has 4 rings (SSSR count). The summed E-state index contributed by atoms with van der Waals surface area (Å²) in [6.07, 6.45) is 5.19.